The topological polar surface area (TPSA) is 56.7 Å². The minimum Gasteiger partial charge on any atom is -0.324 e. The molecule has 0 radical (unpaired) electrons. The number of rotatable bonds is 5. The monoisotopic (exact) mass is 230 g/mol. The highest BCUT2D eigenvalue weighted by molar-refractivity contribution is 5.17. The van der Waals surface area contributed by atoms with E-state index in [9.17, 15) is 0 Å². The summed E-state index contributed by atoms with van der Waals surface area (Å²) in [5.41, 5.74) is 8.40. The maximum Gasteiger partial charge on any atom is 0.0537 e. The molecule has 0 amide bonds. The van der Waals surface area contributed by atoms with Gasteiger partial charge < -0.3 is 5.73 Å². The Bertz CT molecular complexity index is 449. The molecular formula is C13H18N4. The highest BCUT2D eigenvalue weighted by Gasteiger charge is 2.09. The van der Waals surface area contributed by atoms with Crippen LogP contribution >= 0.6 is 0 Å². The molecule has 2 aromatic rings. The molecule has 4 nitrogen and oxygen atoms in total. The highest BCUT2D eigenvalue weighted by atomic mass is 15.3. The smallest absolute Gasteiger partial charge is 0.0537 e. The summed E-state index contributed by atoms with van der Waals surface area (Å²) in [6, 6.07) is 3.97. The molecule has 4 heteroatoms. The van der Waals surface area contributed by atoms with Gasteiger partial charge in [0.1, 0.15) is 0 Å². The molecule has 0 bridgehead atoms. The third-order valence-corrected chi connectivity index (χ3v) is 2.71. The second kappa shape index (κ2) is 5.59. The fourth-order valence-corrected chi connectivity index (χ4v) is 1.81. The number of pyridine rings is 1. The van der Waals surface area contributed by atoms with Gasteiger partial charge in [-0.1, -0.05) is 13.0 Å². The summed E-state index contributed by atoms with van der Waals surface area (Å²) in [4.78, 5) is 4.09. The molecular weight excluding hydrogens is 212 g/mol. The van der Waals surface area contributed by atoms with Gasteiger partial charge in [0.05, 0.1) is 6.20 Å². The zero-order chi connectivity index (χ0) is 12.1. The van der Waals surface area contributed by atoms with Gasteiger partial charge in [0, 0.05) is 36.7 Å². The minimum absolute atomic E-state index is 0.00944. The Kier molecular flexibility index (Phi) is 3.88. The average molecular weight is 230 g/mol. The van der Waals surface area contributed by atoms with Gasteiger partial charge in [0.25, 0.3) is 0 Å². The van der Waals surface area contributed by atoms with Crippen molar-refractivity contribution < 1.29 is 0 Å². The van der Waals surface area contributed by atoms with Crippen molar-refractivity contribution in [2.24, 2.45) is 5.73 Å². The van der Waals surface area contributed by atoms with E-state index < -0.39 is 0 Å². The Morgan fingerprint density at radius 1 is 1.41 bits per heavy atom. The highest BCUT2D eigenvalue weighted by Crippen LogP contribution is 2.14. The van der Waals surface area contributed by atoms with Gasteiger partial charge in [0.15, 0.2) is 0 Å². The quantitative estimate of drug-likeness (QED) is 0.854. The summed E-state index contributed by atoms with van der Waals surface area (Å²) in [7, 11) is 0. The van der Waals surface area contributed by atoms with E-state index in [-0.39, 0.29) is 6.04 Å². The average Bonchev–Trinajstić information content (AvgIpc) is 2.79. The zero-order valence-electron chi connectivity index (χ0n) is 10.1. The van der Waals surface area contributed by atoms with Crippen molar-refractivity contribution >= 4 is 0 Å². The van der Waals surface area contributed by atoms with Gasteiger partial charge in [-0.2, -0.15) is 5.10 Å². The predicted molar refractivity (Wildman–Crippen MR) is 67.4 cm³/mol. The molecule has 0 aliphatic rings. The van der Waals surface area contributed by atoms with Crippen LogP contribution in [0.5, 0.6) is 0 Å². The van der Waals surface area contributed by atoms with Crippen LogP contribution in [0.25, 0.3) is 0 Å². The second-order valence-electron chi connectivity index (χ2n) is 4.21. The molecule has 0 aliphatic carbocycles. The van der Waals surface area contributed by atoms with Crippen molar-refractivity contribution in [1.29, 1.82) is 0 Å². The maximum atomic E-state index is 6.16. The van der Waals surface area contributed by atoms with Crippen LogP contribution in [0.15, 0.2) is 36.9 Å². The van der Waals surface area contributed by atoms with E-state index in [4.69, 9.17) is 5.73 Å². The molecule has 2 aromatic heterocycles. The van der Waals surface area contributed by atoms with E-state index in [1.165, 1.54) is 0 Å². The predicted octanol–water partition coefficient (Wildman–Crippen LogP) is 1.93. The van der Waals surface area contributed by atoms with Gasteiger partial charge >= 0.3 is 0 Å². The first-order valence-corrected chi connectivity index (χ1v) is 5.96. The summed E-state index contributed by atoms with van der Waals surface area (Å²) < 4.78 is 1.94. The van der Waals surface area contributed by atoms with Gasteiger partial charge in [-0.05, 0) is 24.5 Å². The van der Waals surface area contributed by atoms with Crippen molar-refractivity contribution in [3.8, 4) is 0 Å². The van der Waals surface area contributed by atoms with Gasteiger partial charge in [0.2, 0.25) is 0 Å². The Hall–Kier alpha value is -1.68. The van der Waals surface area contributed by atoms with Crippen LogP contribution in [0.1, 0.15) is 30.5 Å². The minimum atomic E-state index is -0.00944. The van der Waals surface area contributed by atoms with E-state index in [1.54, 1.807) is 6.20 Å². The molecule has 2 rings (SSSR count). The fourth-order valence-electron chi connectivity index (χ4n) is 1.81. The summed E-state index contributed by atoms with van der Waals surface area (Å²) in [6.45, 7) is 3.08. The Morgan fingerprint density at radius 3 is 3.00 bits per heavy atom. The third-order valence-electron chi connectivity index (χ3n) is 2.71. The van der Waals surface area contributed by atoms with Crippen LogP contribution in [0.2, 0.25) is 0 Å². The summed E-state index contributed by atoms with van der Waals surface area (Å²) in [6.07, 6.45) is 9.40. The summed E-state index contributed by atoms with van der Waals surface area (Å²) >= 11 is 0. The largest absolute Gasteiger partial charge is 0.324 e. The molecule has 1 atom stereocenters. The van der Waals surface area contributed by atoms with Crippen LogP contribution in [0.3, 0.4) is 0 Å². The number of nitrogens with zero attached hydrogens (tertiary/aromatic N) is 3. The first-order valence-electron chi connectivity index (χ1n) is 5.96. The van der Waals surface area contributed by atoms with Crippen LogP contribution in [-0.2, 0) is 13.0 Å². The van der Waals surface area contributed by atoms with Crippen molar-refractivity contribution in [2.45, 2.75) is 32.4 Å². The third kappa shape index (κ3) is 3.14. The SMILES string of the molecule is CCCn1cc(C(N)Cc2cccnc2)cn1. The molecule has 2 N–H and O–H groups in total. The molecule has 1 unspecified atom stereocenters. The number of hydrogen-bond donors (Lipinski definition) is 1. The molecule has 0 spiro atoms. The second-order valence-corrected chi connectivity index (χ2v) is 4.21. The van der Waals surface area contributed by atoms with Crippen LogP contribution in [0.4, 0.5) is 0 Å². The summed E-state index contributed by atoms with van der Waals surface area (Å²) in [5, 5.41) is 4.29. The van der Waals surface area contributed by atoms with E-state index >= 15 is 0 Å². The fraction of sp³-hybridized carbons (Fsp3) is 0.385. The number of aromatic nitrogens is 3. The van der Waals surface area contributed by atoms with E-state index in [1.807, 2.05) is 35.4 Å². The Balaban J connectivity index is 2.01. The molecule has 90 valence electrons. The molecule has 0 fully saturated rings. The molecule has 0 aromatic carbocycles. The summed E-state index contributed by atoms with van der Waals surface area (Å²) in [5.74, 6) is 0. The number of hydrogen-bond acceptors (Lipinski definition) is 3. The molecule has 0 saturated heterocycles. The van der Waals surface area contributed by atoms with Crippen LogP contribution in [-0.4, -0.2) is 14.8 Å². The Labute approximate surface area is 101 Å². The Morgan fingerprint density at radius 2 is 2.29 bits per heavy atom. The molecule has 0 saturated carbocycles. The van der Waals surface area contributed by atoms with Crippen molar-refractivity contribution in [1.82, 2.24) is 14.8 Å². The van der Waals surface area contributed by atoms with E-state index in [0.717, 1.165) is 30.5 Å². The molecule has 17 heavy (non-hydrogen) atoms. The zero-order valence-corrected chi connectivity index (χ0v) is 10.1. The molecule has 2 heterocycles. The molecule has 0 aliphatic heterocycles. The van der Waals surface area contributed by atoms with E-state index in [0.29, 0.717) is 0 Å². The van der Waals surface area contributed by atoms with Gasteiger partial charge in [-0.15, -0.1) is 0 Å². The van der Waals surface area contributed by atoms with E-state index in [2.05, 4.69) is 17.0 Å². The number of nitrogens with two attached hydrogens (primary N) is 1. The van der Waals surface area contributed by atoms with Crippen molar-refractivity contribution in [2.75, 3.05) is 0 Å². The van der Waals surface area contributed by atoms with Crippen LogP contribution < -0.4 is 5.73 Å². The number of aryl methyl sites for hydroxylation is 1. The van der Waals surface area contributed by atoms with Crippen LogP contribution in [0, 0.1) is 0 Å². The first kappa shape index (κ1) is 11.8. The lowest BCUT2D eigenvalue weighted by Crippen LogP contribution is -2.12. The van der Waals surface area contributed by atoms with Gasteiger partial charge in [-0.3, -0.25) is 9.67 Å². The van der Waals surface area contributed by atoms with Crippen molar-refractivity contribution in [3.63, 3.8) is 0 Å². The first-order chi connectivity index (χ1) is 8.29. The standard InChI is InChI=1S/C13H18N4/c1-2-6-17-10-12(9-16-17)13(14)7-11-4-3-5-15-8-11/h3-5,8-10,13H,2,6-7,14H2,1H3. The maximum absolute atomic E-state index is 6.16. The normalized spacial score (nSPS) is 12.6. The lowest BCUT2D eigenvalue weighted by atomic mass is 10.0. The van der Waals surface area contributed by atoms with Crippen molar-refractivity contribution in [3.05, 3.63) is 48.0 Å². The lowest BCUT2D eigenvalue weighted by Gasteiger charge is -2.08. The van der Waals surface area contributed by atoms with Gasteiger partial charge in [-0.25, -0.2) is 0 Å². The lowest BCUT2D eigenvalue weighted by molar-refractivity contribution is 0.600.